The highest BCUT2D eigenvalue weighted by Gasteiger charge is 2.23. The van der Waals surface area contributed by atoms with Gasteiger partial charge in [-0.15, -0.1) is 0 Å². The van der Waals surface area contributed by atoms with Gasteiger partial charge in [-0.25, -0.2) is 0 Å². The first-order valence-corrected chi connectivity index (χ1v) is 8.94. The summed E-state index contributed by atoms with van der Waals surface area (Å²) in [5.41, 5.74) is 11.1. The van der Waals surface area contributed by atoms with Crippen LogP contribution in [0.25, 0.3) is 10.9 Å². The Labute approximate surface area is 147 Å². The van der Waals surface area contributed by atoms with Crippen LogP contribution in [0.3, 0.4) is 0 Å². The Morgan fingerprint density at radius 3 is 2.76 bits per heavy atom. The van der Waals surface area contributed by atoms with Crippen LogP contribution in [0.2, 0.25) is 0 Å². The fourth-order valence-corrected chi connectivity index (χ4v) is 3.85. The molecule has 1 heterocycles. The number of fused-ring (bicyclic) bond motifs is 3. The van der Waals surface area contributed by atoms with Gasteiger partial charge >= 0.3 is 0 Å². The molecule has 4 heteroatoms. The van der Waals surface area contributed by atoms with Crippen molar-refractivity contribution in [3.05, 3.63) is 70.9 Å². The van der Waals surface area contributed by atoms with Gasteiger partial charge in [-0.1, -0.05) is 30.3 Å². The largest absolute Gasteiger partial charge is 0.366 e. The number of benzene rings is 2. The van der Waals surface area contributed by atoms with Gasteiger partial charge in [0.2, 0.25) is 5.91 Å². The Bertz CT molecular complexity index is 895. The normalized spacial score (nSPS) is 16.7. The van der Waals surface area contributed by atoms with E-state index in [1.54, 1.807) is 12.1 Å². The molecule has 0 saturated carbocycles. The van der Waals surface area contributed by atoms with Gasteiger partial charge in [-0.3, -0.25) is 4.79 Å². The number of carbonyl (C=O) groups excluding carboxylic acids is 1. The zero-order valence-electron chi connectivity index (χ0n) is 14.2. The lowest BCUT2D eigenvalue weighted by molar-refractivity contribution is 0.100. The van der Waals surface area contributed by atoms with Crippen molar-refractivity contribution < 1.29 is 4.79 Å². The molecule has 1 aromatic heterocycles. The van der Waals surface area contributed by atoms with E-state index in [0.717, 1.165) is 19.4 Å². The standard InChI is InChI=1S/C21H23N3O/c22-21(25)15-10-8-14(9-11-15)12-13-23-19-7-3-5-17-16-4-1-2-6-18(16)24-20(17)19/h1-2,4,6,8-11,19,23-24H,3,5,7,12-13H2,(H2,22,25). The number of aromatic amines is 1. The van der Waals surface area contributed by atoms with Crippen LogP contribution in [0.1, 0.15) is 46.1 Å². The molecule has 1 aliphatic carbocycles. The molecular weight excluding hydrogens is 310 g/mol. The van der Waals surface area contributed by atoms with Crippen molar-refractivity contribution in [1.29, 1.82) is 0 Å². The first kappa shape index (κ1) is 15.9. The summed E-state index contributed by atoms with van der Waals surface area (Å²) in [7, 11) is 0. The van der Waals surface area contributed by atoms with Gasteiger partial charge in [-0.05, 0) is 61.6 Å². The Hall–Kier alpha value is -2.59. The Balaban J connectivity index is 1.43. The molecule has 0 bridgehead atoms. The molecule has 1 unspecified atom stereocenters. The van der Waals surface area contributed by atoms with Crippen LogP contribution >= 0.6 is 0 Å². The number of nitrogens with one attached hydrogen (secondary N) is 2. The van der Waals surface area contributed by atoms with Crippen LogP contribution in [0.4, 0.5) is 0 Å². The molecule has 0 radical (unpaired) electrons. The molecule has 0 saturated heterocycles. The average molecular weight is 333 g/mol. The molecular formula is C21H23N3O. The molecule has 4 N–H and O–H groups in total. The van der Waals surface area contributed by atoms with Crippen molar-refractivity contribution in [1.82, 2.24) is 10.3 Å². The topological polar surface area (TPSA) is 70.9 Å². The van der Waals surface area contributed by atoms with E-state index in [2.05, 4.69) is 34.6 Å². The fraction of sp³-hybridized carbons (Fsp3) is 0.286. The van der Waals surface area contributed by atoms with Crippen LogP contribution in [0.15, 0.2) is 48.5 Å². The predicted molar refractivity (Wildman–Crippen MR) is 101 cm³/mol. The summed E-state index contributed by atoms with van der Waals surface area (Å²) in [4.78, 5) is 14.8. The maximum atomic E-state index is 11.1. The van der Waals surface area contributed by atoms with Gasteiger partial charge < -0.3 is 16.0 Å². The quantitative estimate of drug-likeness (QED) is 0.669. The summed E-state index contributed by atoms with van der Waals surface area (Å²) in [5.74, 6) is -0.377. The molecule has 1 amide bonds. The summed E-state index contributed by atoms with van der Waals surface area (Å²) in [6.45, 7) is 0.912. The van der Waals surface area contributed by atoms with Crippen LogP contribution in [-0.2, 0) is 12.8 Å². The predicted octanol–water partition coefficient (Wildman–Crippen LogP) is 3.48. The van der Waals surface area contributed by atoms with Crippen LogP contribution in [0, 0.1) is 0 Å². The molecule has 2 aromatic carbocycles. The van der Waals surface area contributed by atoms with Crippen LogP contribution < -0.4 is 11.1 Å². The van der Waals surface area contributed by atoms with Crippen LogP contribution in [0.5, 0.6) is 0 Å². The maximum Gasteiger partial charge on any atom is 0.248 e. The smallest absolute Gasteiger partial charge is 0.248 e. The monoisotopic (exact) mass is 333 g/mol. The highest BCUT2D eigenvalue weighted by molar-refractivity contribution is 5.92. The van der Waals surface area contributed by atoms with E-state index in [1.165, 1.54) is 40.6 Å². The number of rotatable bonds is 5. The lowest BCUT2D eigenvalue weighted by atomic mass is 9.91. The lowest BCUT2D eigenvalue weighted by Gasteiger charge is -2.24. The maximum absolute atomic E-state index is 11.1. The van der Waals surface area contributed by atoms with Crippen LogP contribution in [-0.4, -0.2) is 17.4 Å². The zero-order chi connectivity index (χ0) is 17.2. The molecule has 128 valence electrons. The van der Waals surface area contributed by atoms with E-state index in [4.69, 9.17) is 5.73 Å². The molecule has 0 aliphatic heterocycles. The number of hydrogen-bond acceptors (Lipinski definition) is 2. The van der Waals surface area contributed by atoms with E-state index in [9.17, 15) is 4.79 Å². The minimum absolute atomic E-state index is 0.377. The molecule has 25 heavy (non-hydrogen) atoms. The van der Waals surface area contributed by atoms with Crippen molar-refractivity contribution in [2.45, 2.75) is 31.7 Å². The molecule has 0 spiro atoms. The van der Waals surface area contributed by atoms with E-state index in [1.807, 2.05) is 12.1 Å². The van der Waals surface area contributed by atoms with Crippen molar-refractivity contribution in [3.63, 3.8) is 0 Å². The summed E-state index contributed by atoms with van der Waals surface area (Å²) in [5, 5.41) is 5.07. The zero-order valence-corrected chi connectivity index (χ0v) is 14.2. The van der Waals surface area contributed by atoms with Crippen molar-refractivity contribution >= 4 is 16.8 Å². The van der Waals surface area contributed by atoms with E-state index in [0.29, 0.717) is 11.6 Å². The number of H-pyrrole nitrogens is 1. The number of para-hydroxylation sites is 1. The van der Waals surface area contributed by atoms with Gasteiger partial charge in [0.05, 0.1) is 0 Å². The van der Waals surface area contributed by atoms with Gasteiger partial charge in [0, 0.05) is 28.2 Å². The lowest BCUT2D eigenvalue weighted by Crippen LogP contribution is -2.27. The Kier molecular flexibility index (Phi) is 4.28. The number of aryl methyl sites for hydroxylation is 1. The van der Waals surface area contributed by atoms with E-state index in [-0.39, 0.29) is 5.91 Å². The van der Waals surface area contributed by atoms with Gasteiger partial charge in [0.1, 0.15) is 0 Å². The number of hydrogen-bond donors (Lipinski definition) is 3. The number of nitrogens with two attached hydrogens (primary N) is 1. The minimum Gasteiger partial charge on any atom is -0.366 e. The molecule has 4 nitrogen and oxygen atoms in total. The average Bonchev–Trinajstić information content (AvgIpc) is 3.02. The second-order valence-electron chi connectivity index (χ2n) is 6.77. The van der Waals surface area contributed by atoms with Gasteiger partial charge in [0.25, 0.3) is 0 Å². The third-order valence-corrected chi connectivity index (χ3v) is 5.16. The van der Waals surface area contributed by atoms with Crippen molar-refractivity contribution in [2.75, 3.05) is 6.54 Å². The Morgan fingerprint density at radius 2 is 1.96 bits per heavy atom. The number of amides is 1. The third kappa shape index (κ3) is 3.17. The first-order valence-electron chi connectivity index (χ1n) is 8.94. The highest BCUT2D eigenvalue weighted by atomic mass is 16.1. The molecule has 0 fully saturated rings. The van der Waals surface area contributed by atoms with E-state index >= 15 is 0 Å². The Morgan fingerprint density at radius 1 is 1.16 bits per heavy atom. The molecule has 1 atom stereocenters. The molecule has 3 aromatic rings. The SMILES string of the molecule is NC(=O)c1ccc(CCNC2CCCc3c2[nH]c2ccccc32)cc1. The highest BCUT2D eigenvalue weighted by Crippen LogP contribution is 2.34. The minimum atomic E-state index is -0.377. The summed E-state index contributed by atoms with van der Waals surface area (Å²) >= 11 is 0. The molecule has 1 aliphatic rings. The van der Waals surface area contributed by atoms with Crippen molar-refractivity contribution in [2.24, 2.45) is 5.73 Å². The summed E-state index contributed by atoms with van der Waals surface area (Å²) in [6.07, 6.45) is 4.48. The number of aromatic nitrogens is 1. The van der Waals surface area contributed by atoms with Gasteiger partial charge in [-0.2, -0.15) is 0 Å². The molecule has 4 rings (SSSR count). The number of primary amides is 1. The second kappa shape index (κ2) is 6.73. The van der Waals surface area contributed by atoms with E-state index < -0.39 is 0 Å². The van der Waals surface area contributed by atoms with Gasteiger partial charge in [0.15, 0.2) is 0 Å². The third-order valence-electron chi connectivity index (χ3n) is 5.16. The summed E-state index contributed by atoms with van der Waals surface area (Å²) < 4.78 is 0. The fourth-order valence-electron chi connectivity index (χ4n) is 3.85. The summed E-state index contributed by atoms with van der Waals surface area (Å²) in [6, 6.07) is 16.5. The first-order chi connectivity index (χ1) is 12.2. The number of carbonyl (C=O) groups is 1. The van der Waals surface area contributed by atoms with Crippen molar-refractivity contribution in [3.8, 4) is 0 Å². The second-order valence-corrected chi connectivity index (χ2v) is 6.77.